The second-order valence-electron chi connectivity index (χ2n) is 8.34. The second-order valence-corrected chi connectivity index (χ2v) is 8.34. The largest absolute Gasteiger partial charge is 0.497 e. The molecule has 0 fully saturated rings. The van der Waals surface area contributed by atoms with Gasteiger partial charge in [-0.05, 0) is 35.4 Å². The Kier molecular flexibility index (Phi) is 5.88. The fourth-order valence-electron chi connectivity index (χ4n) is 4.16. The third kappa shape index (κ3) is 4.32. The number of benzene rings is 3. The van der Waals surface area contributed by atoms with E-state index in [4.69, 9.17) is 18.7 Å². The van der Waals surface area contributed by atoms with Crippen LogP contribution in [0.25, 0.3) is 23.0 Å². The number of methoxy groups -OCH3 is 1. The number of hydrogen-bond acceptors (Lipinski definition) is 8. The highest BCUT2D eigenvalue weighted by atomic mass is 16.5. The van der Waals surface area contributed by atoms with E-state index in [0.717, 1.165) is 28.1 Å². The molecule has 0 radical (unpaired) electrons. The summed E-state index contributed by atoms with van der Waals surface area (Å²) >= 11 is 0. The molecule has 3 heterocycles. The minimum atomic E-state index is -0.158. The van der Waals surface area contributed by atoms with E-state index in [9.17, 15) is 0 Å². The summed E-state index contributed by atoms with van der Waals surface area (Å²) in [5.41, 5.74) is 4.13. The Morgan fingerprint density at radius 1 is 1.00 bits per heavy atom. The van der Waals surface area contributed by atoms with Crippen LogP contribution < -0.4 is 9.47 Å². The minimum absolute atomic E-state index is 0.158. The average Bonchev–Trinajstić information content (AvgIpc) is 3.59. The first kappa shape index (κ1) is 22.0. The maximum absolute atomic E-state index is 6.13. The summed E-state index contributed by atoms with van der Waals surface area (Å²) in [4.78, 5) is 4.60. The van der Waals surface area contributed by atoms with Gasteiger partial charge in [-0.25, -0.2) is 4.68 Å². The van der Waals surface area contributed by atoms with Crippen LogP contribution in [0.1, 0.15) is 22.9 Å². The Labute approximate surface area is 207 Å². The van der Waals surface area contributed by atoms with E-state index >= 15 is 0 Å². The quantitative estimate of drug-likeness (QED) is 0.325. The first-order valence-corrected chi connectivity index (χ1v) is 11.6. The van der Waals surface area contributed by atoms with Gasteiger partial charge in [0.1, 0.15) is 24.2 Å². The van der Waals surface area contributed by atoms with Gasteiger partial charge >= 0.3 is 0 Å². The number of ether oxygens (including phenoxy) is 3. The molecule has 0 amide bonds. The van der Waals surface area contributed by atoms with Gasteiger partial charge in [-0.1, -0.05) is 65.0 Å². The van der Waals surface area contributed by atoms with Crippen molar-refractivity contribution < 1.29 is 18.7 Å². The molecule has 1 aliphatic heterocycles. The van der Waals surface area contributed by atoms with E-state index in [0.29, 0.717) is 37.0 Å². The van der Waals surface area contributed by atoms with Crippen molar-refractivity contribution in [2.24, 2.45) is 0 Å². The Morgan fingerprint density at radius 2 is 1.86 bits per heavy atom. The van der Waals surface area contributed by atoms with Crippen molar-refractivity contribution in [3.8, 4) is 34.5 Å². The number of rotatable bonds is 7. The van der Waals surface area contributed by atoms with E-state index < -0.39 is 0 Å². The molecule has 9 heteroatoms. The zero-order valence-electron chi connectivity index (χ0n) is 19.6. The molecule has 0 saturated carbocycles. The molecule has 180 valence electrons. The summed E-state index contributed by atoms with van der Waals surface area (Å²) in [5.74, 6) is 2.16. The Bertz CT molecular complexity index is 1480. The van der Waals surface area contributed by atoms with Crippen LogP contribution in [0.15, 0.2) is 83.4 Å². The molecule has 9 nitrogen and oxygen atoms in total. The smallest absolute Gasteiger partial charge is 0.280 e. The molecule has 2 aromatic heterocycles. The monoisotopic (exact) mass is 481 g/mol. The van der Waals surface area contributed by atoms with Crippen molar-refractivity contribution >= 4 is 0 Å². The van der Waals surface area contributed by atoms with Gasteiger partial charge in [-0.2, -0.15) is 4.98 Å². The van der Waals surface area contributed by atoms with E-state index in [1.807, 2.05) is 83.5 Å². The molecule has 0 spiro atoms. The highest BCUT2D eigenvalue weighted by molar-refractivity contribution is 5.65. The Hall–Kier alpha value is -4.50. The first-order valence-electron chi connectivity index (χ1n) is 11.6. The van der Waals surface area contributed by atoms with Crippen LogP contribution in [0, 0.1) is 0 Å². The maximum atomic E-state index is 6.13. The van der Waals surface area contributed by atoms with Gasteiger partial charge in [0, 0.05) is 0 Å². The van der Waals surface area contributed by atoms with E-state index in [1.165, 1.54) is 0 Å². The van der Waals surface area contributed by atoms with Crippen molar-refractivity contribution in [3.63, 3.8) is 0 Å². The summed E-state index contributed by atoms with van der Waals surface area (Å²) < 4.78 is 24.9. The van der Waals surface area contributed by atoms with Gasteiger partial charge < -0.3 is 18.7 Å². The molecule has 0 bridgehead atoms. The van der Waals surface area contributed by atoms with Crippen LogP contribution in [0.3, 0.4) is 0 Å². The van der Waals surface area contributed by atoms with Gasteiger partial charge in [0.05, 0.1) is 31.5 Å². The second kappa shape index (κ2) is 9.63. The summed E-state index contributed by atoms with van der Waals surface area (Å²) in [5, 5.41) is 12.8. The summed E-state index contributed by atoms with van der Waals surface area (Å²) in [6.07, 6.45) is -0.158. The molecule has 1 aliphatic rings. The molecule has 0 aliphatic carbocycles. The molecular formula is C27H23N5O4. The topological polar surface area (TPSA) is 97.3 Å². The van der Waals surface area contributed by atoms with Crippen LogP contribution in [0.5, 0.6) is 11.5 Å². The highest BCUT2D eigenvalue weighted by Crippen LogP contribution is 2.33. The fourth-order valence-corrected chi connectivity index (χ4v) is 4.16. The predicted octanol–water partition coefficient (Wildman–Crippen LogP) is 4.85. The summed E-state index contributed by atoms with van der Waals surface area (Å²) in [6, 6.07) is 25.4. The lowest BCUT2D eigenvalue weighted by Gasteiger charge is -2.24. The molecule has 0 saturated heterocycles. The lowest BCUT2D eigenvalue weighted by atomic mass is 10.1. The van der Waals surface area contributed by atoms with Crippen LogP contribution in [0.4, 0.5) is 0 Å². The van der Waals surface area contributed by atoms with E-state index in [-0.39, 0.29) is 12.0 Å². The highest BCUT2D eigenvalue weighted by Gasteiger charge is 2.28. The van der Waals surface area contributed by atoms with E-state index in [1.54, 1.807) is 7.11 Å². The van der Waals surface area contributed by atoms with Gasteiger partial charge in [-0.15, -0.1) is 5.10 Å². The third-order valence-electron chi connectivity index (χ3n) is 6.06. The van der Waals surface area contributed by atoms with Gasteiger partial charge in [0.25, 0.3) is 5.89 Å². The SMILES string of the molecule is COc1cccc([C@H]2Cn3nnc(-c4nc(-c5ccccc5OCc5ccccc5)no4)c3CO2)c1. The van der Waals surface area contributed by atoms with Crippen LogP contribution in [-0.4, -0.2) is 32.2 Å². The van der Waals surface area contributed by atoms with Crippen molar-refractivity contribution in [1.29, 1.82) is 0 Å². The van der Waals surface area contributed by atoms with E-state index in [2.05, 4.69) is 20.5 Å². The predicted molar refractivity (Wildman–Crippen MR) is 130 cm³/mol. The van der Waals surface area contributed by atoms with Crippen molar-refractivity contribution in [3.05, 3.63) is 95.7 Å². The van der Waals surface area contributed by atoms with Crippen molar-refractivity contribution in [2.75, 3.05) is 7.11 Å². The van der Waals surface area contributed by atoms with Gasteiger partial charge in [0.2, 0.25) is 5.82 Å². The van der Waals surface area contributed by atoms with Crippen LogP contribution in [-0.2, 0) is 24.5 Å². The van der Waals surface area contributed by atoms with Crippen molar-refractivity contribution in [2.45, 2.75) is 25.9 Å². The molecule has 0 unspecified atom stereocenters. The van der Waals surface area contributed by atoms with Gasteiger partial charge in [0.15, 0.2) is 5.69 Å². The summed E-state index contributed by atoms with van der Waals surface area (Å²) in [6.45, 7) is 1.28. The maximum Gasteiger partial charge on any atom is 0.280 e. The standard InChI is InChI=1S/C27H23N5O4/c1-33-20-11-7-10-19(14-20)24-15-32-22(17-35-24)25(29-31-32)27-28-26(30-36-27)21-12-5-6-13-23(21)34-16-18-8-3-2-4-9-18/h2-14,24H,15-17H2,1H3/t24-/m1/s1. The number of fused-ring (bicyclic) bond motifs is 1. The number of para-hydroxylation sites is 1. The zero-order valence-corrected chi connectivity index (χ0v) is 19.6. The molecular weight excluding hydrogens is 458 g/mol. The Balaban J connectivity index is 1.22. The fraction of sp³-hybridized carbons (Fsp3) is 0.185. The molecule has 6 rings (SSSR count). The van der Waals surface area contributed by atoms with Crippen molar-refractivity contribution in [1.82, 2.24) is 25.1 Å². The molecule has 3 aromatic carbocycles. The third-order valence-corrected chi connectivity index (χ3v) is 6.06. The lowest BCUT2D eigenvalue weighted by Crippen LogP contribution is -2.22. The minimum Gasteiger partial charge on any atom is -0.497 e. The summed E-state index contributed by atoms with van der Waals surface area (Å²) in [7, 11) is 1.65. The number of nitrogens with zero attached hydrogens (tertiary/aromatic N) is 5. The molecule has 5 aromatic rings. The molecule has 1 atom stereocenters. The average molecular weight is 482 g/mol. The lowest BCUT2D eigenvalue weighted by molar-refractivity contribution is -0.00127. The zero-order chi connectivity index (χ0) is 24.3. The van der Waals surface area contributed by atoms with Gasteiger partial charge in [-0.3, -0.25) is 0 Å². The Morgan fingerprint density at radius 3 is 2.75 bits per heavy atom. The molecule has 0 N–H and O–H groups in total. The number of hydrogen-bond donors (Lipinski definition) is 0. The van der Waals surface area contributed by atoms with Crippen LogP contribution in [0.2, 0.25) is 0 Å². The van der Waals surface area contributed by atoms with Crippen LogP contribution >= 0.6 is 0 Å². The first-order chi connectivity index (χ1) is 17.8. The molecule has 36 heavy (non-hydrogen) atoms. The normalized spacial score (nSPS) is 14.9. The number of aromatic nitrogens is 5.